The average Bonchev–Trinajstić information content (AvgIpc) is 2.59. The molecule has 0 bridgehead atoms. The van der Waals surface area contributed by atoms with Crippen molar-refractivity contribution in [3.8, 4) is 5.75 Å². The van der Waals surface area contributed by atoms with Gasteiger partial charge in [0, 0.05) is 36.8 Å². The summed E-state index contributed by atoms with van der Waals surface area (Å²) in [5.41, 5.74) is 1.25. The fourth-order valence-corrected chi connectivity index (χ4v) is 4.24. The van der Waals surface area contributed by atoms with E-state index >= 15 is 0 Å². The van der Waals surface area contributed by atoms with Crippen LogP contribution in [0.4, 0.5) is 0 Å². The average molecular weight is 374 g/mol. The van der Waals surface area contributed by atoms with E-state index in [4.69, 9.17) is 25.6 Å². The molecular formula is C18H20ClLiO4P. The molecule has 0 aliphatic heterocycles. The van der Waals surface area contributed by atoms with E-state index in [2.05, 4.69) is 0 Å². The smallest absolute Gasteiger partial charge is 0.217 e. The summed E-state index contributed by atoms with van der Waals surface area (Å²) < 4.78 is 16.1. The number of hydrogen-bond acceptors (Lipinski definition) is 4. The summed E-state index contributed by atoms with van der Waals surface area (Å²) in [7, 11) is 1.69. The fourth-order valence-electron chi connectivity index (χ4n) is 2.18. The van der Waals surface area contributed by atoms with Crippen LogP contribution in [0.2, 0.25) is 5.02 Å². The van der Waals surface area contributed by atoms with Crippen molar-refractivity contribution in [1.82, 2.24) is 0 Å². The first-order valence-corrected chi connectivity index (χ1v) is 9.07. The number of carbonyl (C=O) groups is 1. The number of hydrogen-bond donors (Lipinski definition) is 0. The molecule has 2 rings (SSSR count). The molecule has 0 aliphatic rings. The molecule has 1 radical (unpaired) electrons. The summed E-state index contributed by atoms with van der Waals surface area (Å²) in [6.45, 7) is 2.63. The van der Waals surface area contributed by atoms with Crippen molar-refractivity contribution in [3.05, 3.63) is 58.6 Å². The van der Waals surface area contributed by atoms with Crippen LogP contribution < -0.4 is 10.0 Å². The van der Waals surface area contributed by atoms with Crippen LogP contribution >= 0.6 is 19.7 Å². The topological polar surface area (TPSA) is 44.8 Å². The molecule has 0 saturated carbocycles. The van der Waals surface area contributed by atoms with E-state index in [0.717, 1.165) is 16.6 Å². The second kappa shape index (κ2) is 11.0. The monoisotopic (exact) mass is 373 g/mol. The van der Waals surface area contributed by atoms with Gasteiger partial charge in [-0.1, -0.05) is 23.7 Å². The van der Waals surface area contributed by atoms with E-state index < -0.39 is 8.15 Å². The van der Waals surface area contributed by atoms with Crippen molar-refractivity contribution in [2.75, 3.05) is 27.4 Å². The van der Waals surface area contributed by atoms with Gasteiger partial charge in [-0.25, -0.2) is 0 Å². The minimum atomic E-state index is -1.51. The van der Waals surface area contributed by atoms with Gasteiger partial charge in [0.1, 0.15) is 13.9 Å². The Kier molecular flexibility index (Phi) is 9.75. The van der Waals surface area contributed by atoms with Crippen molar-refractivity contribution >= 4 is 49.4 Å². The molecule has 0 heterocycles. The van der Waals surface area contributed by atoms with Crippen molar-refractivity contribution in [3.63, 3.8) is 0 Å². The van der Waals surface area contributed by atoms with Crippen LogP contribution in [0.25, 0.3) is 0 Å². The molecule has 0 aromatic heterocycles. The Morgan fingerprint density at radius 2 is 1.76 bits per heavy atom. The van der Waals surface area contributed by atoms with Crippen LogP contribution in [0.1, 0.15) is 15.9 Å². The number of aryl methyl sites for hydroxylation is 1. The van der Waals surface area contributed by atoms with E-state index in [9.17, 15) is 4.79 Å². The standard InChI is InChI=1S/C18H20ClO4P.Li/c1-13-5-4-6-16(19)17(13)18(20)24(23-12-11-21-2)15-9-7-14(22-3)8-10-15;/h4-10H,11-12H2,1-3H3;. The molecule has 0 saturated heterocycles. The zero-order chi connectivity index (χ0) is 17.5. The van der Waals surface area contributed by atoms with Crippen LogP contribution in [0.5, 0.6) is 5.75 Å². The van der Waals surface area contributed by atoms with Gasteiger partial charge in [0.25, 0.3) is 0 Å². The minimum absolute atomic E-state index is 0. The van der Waals surface area contributed by atoms with Gasteiger partial charge in [-0.15, -0.1) is 0 Å². The molecule has 129 valence electrons. The summed E-state index contributed by atoms with van der Waals surface area (Å²) in [6, 6.07) is 12.8. The van der Waals surface area contributed by atoms with Crippen molar-refractivity contribution in [2.45, 2.75) is 6.92 Å². The van der Waals surface area contributed by atoms with Gasteiger partial charge in [-0.2, -0.15) is 0 Å². The summed E-state index contributed by atoms with van der Waals surface area (Å²) in [4.78, 5) is 13.1. The summed E-state index contributed by atoms with van der Waals surface area (Å²) in [5.74, 6) is 0.729. The van der Waals surface area contributed by atoms with E-state index in [0.29, 0.717) is 23.8 Å². The molecule has 0 amide bonds. The predicted molar refractivity (Wildman–Crippen MR) is 104 cm³/mol. The Morgan fingerprint density at radius 1 is 1.08 bits per heavy atom. The predicted octanol–water partition coefficient (Wildman–Crippen LogP) is 3.80. The molecule has 2 aromatic carbocycles. The van der Waals surface area contributed by atoms with E-state index in [1.165, 1.54) is 0 Å². The maximum absolute atomic E-state index is 13.1. The molecule has 0 N–H and O–H groups in total. The summed E-state index contributed by atoms with van der Waals surface area (Å²) in [6.07, 6.45) is 0. The second-order valence-corrected chi connectivity index (χ2v) is 7.23. The van der Waals surface area contributed by atoms with Crippen LogP contribution in [-0.4, -0.2) is 51.8 Å². The molecule has 4 nitrogen and oxygen atoms in total. The number of ether oxygens (including phenoxy) is 2. The van der Waals surface area contributed by atoms with E-state index in [1.807, 2.05) is 43.3 Å². The van der Waals surface area contributed by atoms with Crippen LogP contribution in [0, 0.1) is 6.92 Å². The SMILES string of the molecule is COCCOP(C(=O)c1c(C)cccc1Cl)c1ccc(OC)cc1.[Li]. The van der Waals surface area contributed by atoms with Gasteiger partial charge in [-0.05, 0) is 42.8 Å². The molecule has 2 aromatic rings. The number of benzene rings is 2. The number of methoxy groups -OCH3 is 2. The van der Waals surface area contributed by atoms with Crippen LogP contribution in [0.15, 0.2) is 42.5 Å². The van der Waals surface area contributed by atoms with Crippen LogP contribution in [0.3, 0.4) is 0 Å². The Bertz CT molecular complexity index is 674. The van der Waals surface area contributed by atoms with Crippen molar-refractivity contribution < 1.29 is 18.8 Å². The van der Waals surface area contributed by atoms with Gasteiger partial charge in [0.05, 0.1) is 25.3 Å². The zero-order valence-corrected chi connectivity index (χ0v) is 16.6. The van der Waals surface area contributed by atoms with Gasteiger partial charge in [-0.3, -0.25) is 4.79 Å². The molecule has 1 unspecified atom stereocenters. The third-order valence-corrected chi connectivity index (χ3v) is 5.55. The maximum atomic E-state index is 13.1. The summed E-state index contributed by atoms with van der Waals surface area (Å²) in [5, 5.41) is 1.25. The van der Waals surface area contributed by atoms with Gasteiger partial charge in [0.15, 0.2) is 0 Å². The Balaban J connectivity index is 0.00000312. The molecule has 1 atom stereocenters. The quantitative estimate of drug-likeness (QED) is 0.401. The maximum Gasteiger partial charge on any atom is 0.217 e. The largest absolute Gasteiger partial charge is 0.497 e. The first kappa shape index (κ1) is 22.2. The molecule has 0 aliphatic carbocycles. The second-order valence-electron chi connectivity index (χ2n) is 5.06. The normalized spacial score (nSPS) is 11.5. The third-order valence-electron chi connectivity index (χ3n) is 3.44. The molecule has 25 heavy (non-hydrogen) atoms. The Morgan fingerprint density at radius 3 is 2.32 bits per heavy atom. The van der Waals surface area contributed by atoms with Gasteiger partial charge >= 0.3 is 0 Å². The van der Waals surface area contributed by atoms with Gasteiger partial charge < -0.3 is 14.0 Å². The molecule has 0 spiro atoms. The Hall–Kier alpha value is -0.853. The van der Waals surface area contributed by atoms with E-state index in [-0.39, 0.29) is 24.4 Å². The van der Waals surface area contributed by atoms with Crippen LogP contribution in [-0.2, 0) is 9.26 Å². The molecule has 7 heteroatoms. The Labute approximate surface area is 166 Å². The summed E-state index contributed by atoms with van der Waals surface area (Å²) >= 11 is 6.25. The minimum Gasteiger partial charge on any atom is -0.497 e. The zero-order valence-electron chi connectivity index (χ0n) is 14.9. The number of carbonyl (C=O) groups excluding carboxylic acids is 1. The molecular weight excluding hydrogens is 354 g/mol. The fraction of sp³-hybridized carbons (Fsp3) is 0.278. The first-order valence-electron chi connectivity index (χ1n) is 7.44. The molecule has 0 fully saturated rings. The first-order chi connectivity index (χ1) is 11.6. The van der Waals surface area contributed by atoms with E-state index in [1.54, 1.807) is 20.3 Å². The van der Waals surface area contributed by atoms with Gasteiger partial charge in [0.2, 0.25) is 5.52 Å². The van der Waals surface area contributed by atoms with Crippen molar-refractivity contribution in [2.24, 2.45) is 0 Å². The third kappa shape index (κ3) is 5.83. The van der Waals surface area contributed by atoms with Crippen molar-refractivity contribution in [1.29, 1.82) is 0 Å². The number of rotatable bonds is 8. The number of halogens is 1.